The van der Waals surface area contributed by atoms with Crippen LogP contribution in [-0.4, -0.2) is 26.1 Å². The second kappa shape index (κ2) is 8.03. The number of phenols is 1. The third-order valence-corrected chi connectivity index (χ3v) is 4.35. The Balaban J connectivity index is 1.55. The molecule has 0 saturated heterocycles. The van der Waals surface area contributed by atoms with E-state index in [-0.39, 0.29) is 5.75 Å². The van der Waals surface area contributed by atoms with Crippen LogP contribution in [0.1, 0.15) is 0 Å². The van der Waals surface area contributed by atoms with E-state index in [2.05, 4.69) is 38.4 Å². The lowest BCUT2D eigenvalue weighted by molar-refractivity contribution is 0.260. The lowest BCUT2D eigenvalue weighted by Crippen LogP contribution is -2.27. The van der Waals surface area contributed by atoms with Gasteiger partial charge in [-0.05, 0) is 48.5 Å². The molecule has 0 radical (unpaired) electrons. The number of nitrogens with one attached hydrogen (secondary N) is 2. The molecule has 0 aliphatic heterocycles. The Kier molecular flexibility index (Phi) is 5.12. The number of carbonyl (C=O) groups is 1. The second-order valence-corrected chi connectivity index (χ2v) is 6.45. The van der Waals surface area contributed by atoms with Gasteiger partial charge in [-0.3, -0.25) is 0 Å². The molecule has 0 fully saturated rings. The Labute approximate surface area is 171 Å². The number of hydrogen-bond acceptors (Lipinski definition) is 7. The second-order valence-electron chi connectivity index (χ2n) is 6.05. The largest absolute Gasteiger partial charge is 0.508 e. The van der Waals surface area contributed by atoms with Crippen LogP contribution in [0.25, 0.3) is 11.2 Å². The van der Waals surface area contributed by atoms with Crippen molar-refractivity contribution >= 4 is 53.0 Å². The summed E-state index contributed by atoms with van der Waals surface area (Å²) in [7, 11) is 0. The van der Waals surface area contributed by atoms with E-state index in [0.29, 0.717) is 28.5 Å². The van der Waals surface area contributed by atoms with Crippen LogP contribution in [-0.2, 0) is 0 Å². The molecule has 0 bridgehead atoms. The molecular weight excluding hydrogens is 388 g/mol. The predicted molar refractivity (Wildman–Crippen MR) is 116 cm³/mol. The average Bonchev–Trinajstić information content (AvgIpc) is 2.75. The van der Waals surface area contributed by atoms with Gasteiger partial charge in [0.15, 0.2) is 11.5 Å². The minimum Gasteiger partial charge on any atom is -0.508 e. The normalized spacial score (nSPS) is 10.5. The summed E-state index contributed by atoms with van der Waals surface area (Å²) in [5.41, 5.74) is 2.33. The number of benzene rings is 2. The SMILES string of the molecule is O=C(Nc1ccccc1)N(S)c1ccc2ncc(Nc3ccc(O)cc3)nc2n1. The fourth-order valence-corrected chi connectivity index (χ4v) is 2.72. The predicted octanol–water partition coefficient (Wildman–Crippen LogP) is 4.36. The molecule has 2 amide bonds. The molecule has 2 aromatic carbocycles. The Morgan fingerprint density at radius 1 is 0.931 bits per heavy atom. The van der Waals surface area contributed by atoms with Crippen LogP contribution < -0.4 is 14.9 Å². The highest BCUT2D eigenvalue weighted by Crippen LogP contribution is 2.22. The molecule has 144 valence electrons. The summed E-state index contributed by atoms with van der Waals surface area (Å²) in [6.07, 6.45) is 1.58. The molecule has 3 N–H and O–H groups in total. The van der Waals surface area contributed by atoms with E-state index in [0.717, 1.165) is 9.99 Å². The van der Waals surface area contributed by atoms with Crippen molar-refractivity contribution in [3.05, 3.63) is 72.9 Å². The van der Waals surface area contributed by atoms with Crippen molar-refractivity contribution in [3.63, 3.8) is 0 Å². The van der Waals surface area contributed by atoms with Gasteiger partial charge >= 0.3 is 6.03 Å². The number of fused-ring (bicyclic) bond motifs is 1. The number of aromatic nitrogens is 3. The Morgan fingerprint density at radius 2 is 1.69 bits per heavy atom. The van der Waals surface area contributed by atoms with Crippen LogP contribution in [0.5, 0.6) is 5.75 Å². The van der Waals surface area contributed by atoms with E-state index < -0.39 is 6.03 Å². The summed E-state index contributed by atoms with van der Waals surface area (Å²) in [6, 6.07) is 18.5. The third-order valence-electron chi connectivity index (χ3n) is 3.97. The highest BCUT2D eigenvalue weighted by atomic mass is 32.1. The van der Waals surface area contributed by atoms with Gasteiger partial charge in [-0.15, -0.1) is 0 Å². The molecule has 0 aliphatic carbocycles. The maximum atomic E-state index is 12.4. The molecule has 4 rings (SSSR count). The Morgan fingerprint density at radius 3 is 2.45 bits per heavy atom. The highest BCUT2D eigenvalue weighted by Gasteiger charge is 2.15. The summed E-state index contributed by atoms with van der Waals surface area (Å²) in [5.74, 6) is 0.965. The van der Waals surface area contributed by atoms with E-state index in [9.17, 15) is 9.90 Å². The number of phenolic OH excluding ortho intramolecular Hbond substituents is 1. The monoisotopic (exact) mass is 404 g/mol. The van der Waals surface area contributed by atoms with E-state index in [1.165, 1.54) is 0 Å². The molecule has 2 heterocycles. The Hall–Kier alpha value is -3.85. The fraction of sp³-hybridized carbons (Fsp3) is 0. The summed E-state index contributed by atoms with van der Waals surface area (Å²) >= 11 is 4.26. The van der Waals surface area contributed by atoms with Crippen LogP contribution in [0, 0.1) is 0 Å². The third kappa shape index (κ3) is 4.36. The summed E-state index contributed by atoms with van der Waals surface area (Å²) in [6.45, 7) is 0. The molecule has 0 saturated carbocycles. The van der Waals surface area contributed by atoms with Crippen molar-refractivity contribution in [2.45, 2.75) is 0 Å². The first-order chi connectivity index (χ1) is 14.1. The minimum absolute atomic E-state index is 0.175. The van der Waals surface area contributed by atoms with Crippen molar-refractivity contribution < 1.29 is 9.90 Å². The van der Waals surface area contributed by atoms with Crippen molar-refractivity contribution in [3.8, 4) is 5.75 Å². The van der Waals surface area contributed by atoms with Crippen LogP contribution >= 0.6 is 12.8 Å². The van der Waals surface area contributed by atoms with Gasteiger partial charge in [-0.25, -0.2) is 24.1 Å². The maximum absolute atomic E-state index is 12.4. The van der Waals surface area contributed by atoms with Gasteiger partial charge in [-0.2, -0.15) is 0 Å². The number of thiol groups is 1. The number of aromatic hydroxyl groups is 1. The van der Waals surface area contributed by atoms with Gasteiger partial charge in [0.1, 0.15) is 17.1 Å². The van der Waals surface area contributed by atoms with Crippen molar-refractivity contribution in [1.29, 1.82) is 0 Å². The van der Waals surface area contributed by atoms with Crippen LogP contribution in [0.2, 0.25) is 0 Å². The first kappa shape index (κ1) is 18.5. The number of para-hydroxylation sites is 1. The maximum Gasteiger partial charge on any atom is 0.337 e. The molecule has 29 heavy (non-hydrogen) atoms. The van der Waals surface area contributed by atoms with E-state index >= 15 is 0 Å². The quantitative estimate of drug-likeness (QED) is 0.298. The molecule has 0 aliphatic rings. The summed E-state index contributed by atoms with van der Waals surface area (Å²) in [4.78, 5) is 25.6. The van der Waals surface area contributed by atoms with Crippen molar-refractivity contribution in [1.82, 2.24) is 15.0 Å². The fourth-order valence-electron chi connectivity index (χ4n) is 2.56. The molecule has 0 unspecified atom stereocenters. The van der Waals surface area contributed by atoms with E-state index in [1.54, 1.807) is 54.7 Å². The van der Waals surface area contributed by atoms with Gasteiger partial charge in [0.2, 0.25) is 0 Å². The van der Waals surface area contributed by atoms with Crippen LogP contribution in [0.3, 0.4) is 0 Å². The van der Waals surface area contributed by atoms with Gasteiger partial charge < -0.3 is 15.7 Å². The number of nitrogens with zero attached hydrogens (tertiary/aromatic N) is 4. The summed E-state index contributed by atoms with van der Waals surface area (Å²) < 4.78 is 1.11. The van der Waals surface area contributed by atoms with Gasteiger partial charge in [-0.1, -0.05) is 31.0 Å². The summed E-state index contributed by atoms with van der Waals surface area (Å²) in [5, 5.41) is 15.2. The molecule has 0 atom stereocenters. The Bertz CT molecular complexity index is 1150. The van der Waals surface area contributed by atoms with Crippen molar-refractivity contribution in [2.75, 3.05) is 14.9 Å². The van der Waals surface area contributed by atoms with Gasteiger partial charge in [0, 0.05) is 11.4 Å². The molecular formula is C20H16N6O2S. The lowest BCUT2D eigenvalue weighted by atomic mass is 10.3. The van der Waals surface area contributed by atoms with E-state index in [4.69, 9.17) is 0 Å². The number of rotatable bonds is 4. The number of anilines is 4. The molecule has 8 nitrogen and oxygen atoms in total. The number of urea groups is 1. The zero-order chi connectivity index (χ0) is 20.2. The molecule has 9 heteroatoms. The molecule has 0 spiro atoms. The van der Waals surface area contributed by atoms with Crippen molar-refractivity contribution in [2.24, 2.45) is 0 Å². The topological polar surface area (TPSA) is 103 Å². The number of pyridine rings is 1. The average molecular weight is 404 g/mol. The van der Waals surface area contributed by atoms with Crippen LogP contribution in [0.15, 0.2) is 72.9 Å². The molecule has 4 aromatic rings. The van der Waals surface area contributed by atoms with Gasteiger partial charge in [0.25, 0.3) is 0 Å². The first-order valence-corrected chi connectivity index (χ1v) is 9.03. The minimum atomic E-state index is -0.447. The number of carbonyl (C=O) groups excluding carboxylic acids is 1. The van der Waals surface area contributed by atoms with Crippen LogP contribution in [0.4, 0.5) is 27.8 Å². The van der Waals surface area contributed by atoms with E-state index in [1.807, 2.05) is 18.2 Å². The number of hydrogen-bond donors (Lipinski definition) is 4. The smallest absolute Gasteiger partial charge is 0.337 e. The first-order valence-electron chi connectivity index (χ1n) is 8.63. The highest BCUT2D eigenvalue weighted by molar-refractivity contribution is 7.82. The lowest BCUT2D eigenvalue weighted by Gasteiger charge is -2.16. The van der Waals surface area contributed by atoms with Gasteiger partial charge in [0.05, 0.1) is 6.20 Å². The standard InChI is InChI=1S/C20H16N6O2S/c27-15-8-6-14(7-9-15)22-17-12-21-16-10-11-18(25-19(16)24-17)26(29)20(28)23-13-4-2-1-3-5-13/h1-12,27,29H,(H,23,28)(H,22,24,25). The zero-order valence-corrected chi connectivity index (χ0v) is 15.9. The zero-order valence-electron chi connectivity index (χ0n) is 15.0. The number of amides is 2. The molecule has 2 aromatic heterocycles.